The molecule has 1 amide bonds. The molecule has 0 radical (unpaired) electrons. The Morgan fingerprint density at radius 3 is 2.68 bits per heavy atom. The normalized spacial score (nSPS) is 16.2. The van der Waals surface area contributed by atoms with Crippen LogP contribution in [0.15, 0.2) is 12.7 Å². The number of amides is 1. The molecule has 0 unspecified atom stereocenters. The first-order valence-electron chi connectivity index (χ1n) is 7.69. The van der Waals surface area contributed by atoms with E-state index in [4.69, 9.17) is 0 Å². The Bertz CT molecular complexity index is 626. The van der Waals surface area contributed by atoms with Crippen LogP contribution >= 0.6 is 0 Å². The Labute approximate surface area is 129 Å². The van der Waals surface area contributed by atoms with E-state index < -0.39 is 0 Å². The number of nitrogens with zero attached hydrogens (tertiary/aromatic N) is 7. The fourth-order valence-electron chi connectivity index (χ4n) is 3.02. The lowest BCUT2D eigenvalue weighted by Gasteiger charge is -2.30. The van der Waals surface area contributed by atoms with E-state index in [-0.39, 0.29) is 5.91 Å². The van der Waals surface area contributed by atoms with Gasteiger partial charge in [0.1, 0.15) is 25.0 Å². The van der Waals surface area contributed by atoms with Crippen molar-refractivity contribution >= 4 is 5.91 Å². The van der Waals surface area contributed by atoms with Crippen LogP contribution in [0.3, 0.4) is 0 Å². The van der Waals surface area contributed by atoms with Crippen molar-refractivity contribution in [2.24, 2.45) is 0 Å². The van der Waals surface area contributed by atoms with Crippen LogP contribution in [0.5, 0.6) is 0 Å². The van der Waals surface area contributed by atoms with Crippen molar-refractivity contribution in [3.63, 3.8) is 0 Å². The van der Waals surface area contributed by atoms with Gasteiger partial charge < -0.3 is 9.47 Å². The summed E-state index contributed by atoms with van der Waals surface area (Å²) < 4.78 is 3.91. The van der Waals surface area contributed by atoms with E-state index in [0.717, 1.165) is 44.1 Å². The van der Waals surface area contributed by atoms with E-state index in [2.05, 4.69) is 31.8 Å². The lowest BCUT2D eigenvalue weighted by Crippen LogP contribution is -2.36. The molecule has 0 aromatic carbocycles. The standard InChI is InChI=1S/C14H21N7O/c1-3-21-13(8-20-10-15-9-16-20)17-18-14(21)12-4-6-19(7-5-12)11(2)22/h9-10,12H,3-8H2,1-2H3. The maximum Gasteiger partial charge on any atom is 0.219 e. The molecule has 1 aliphatic heterocycles. The molecule has 3 rings (SSSR count). The van der Waals surface area contributed by atoms with E-state index in [0.29, 0.717) is 12.5 Å². The second-order valence-corrected chi connectivity index (χ2v) is 5.59. The van der Waals surface area contributed by atoms with Gasteiger partial charge in [0.25, 0.3) is 0 Å². The molecule has 1 aliphatic rings. The highest BCUT2D eigenvalue weighted by Gasteiger charge is 2.26. The molecule has 1 fully saturated rings. The number of hydrogen-bond acceptors (Lipinski definition) is 5. The molecule has 0 N–H and O–H groups in total. The molecule has 3 heterocycles. The number of piperidine rings is 1. The van der Waals surface area contributed by atoms with Gasteiger partial charge in [0.15, 0.2) is 5.82 Å². The lowest BCUT2D eigenvalue weighted by molar-refractivity contribution is -0.129. The molecule has 0 spiro atoms. The van der Waals surface area contributed by atoms with Gasteiger partial charge >= 0.3 is 0 Å². The summed E-state index contributed by atoms with van der Waals surface area (Å²) in [5.74, 6) is 2.45. The van der Waals surface area contributed by atoms with Crippen LogP contribution in [-0.2, 0) is 17.9 Å². The minimum absolute atomic E-state index is 0.155. The van der Waals surface area contributed by atoms with Crippen LogP contribution in [0.4, 0.5) is 0 Å². The zero-order chi connectivity index (χ0) is 15.5. The number of hydrogen-bond donors (Lipinski definition) is 0. The quantitative estimate of drug-likeness (QED) is 0.829. The smallest absolute Gasteiger partial charge is 0.219 e. The van der Waals surface area contributed by atoms with Gasteiger partial charge in [-0.05, 0) is 19.8 Å². The molecule has 1 saturated heterocycles. The number of likely N-dealkylation sites (tertiary alicyclic amines) is 1. The summed E-state index contributed by atoms with van der Waals surface area (Å²) in [6, 6.07) is 0. The van der Waals surface area contributed by atoms with Crippen molar-refractivity contribution in [3.05, 3.63) is 24.3 Å². The van der Waals surface area contributed by atoms with Gasteiger partial charge in [-0.25, -0.2) is 9.67 Å². The summed E-state index contributed by atoms with van der Waals surface area (Å²) in [5, 5.41) is 12.9. The Morgan fingerprint density at radius 2 is 2.09 bits per heavy atom. The molecule has 0 bridgehead atoms. The average Bonchev–Trinajstić information content (AvgIpc) is 3.17. The van der Waals surface area contributed by atoms with Crippen LogP contribution in [0.25, 0.3) is 0 Å². The SMILES string of the molecule is CCn1c(Cn2cncn2)nnc1C1CCN(C(C)=O)CC1. The second kappa shape index (κ2) is 6.25. The van der Waals surface area contributed by atoms with Gasteiger partial charge in [-0.2, -0.15) is 5.10 Å². The third kappa shape index (κ3) is 2.86. The first kappa shape index (κ1) is 14.7. The number of carbonyl (C=O) groups excluding carboxylic acids is 1. The van der Waals surface area contributed by atoms with Gasteiger partial charge in [0.2, 0.25) is 5.91 Å². The molecule has 0 aliphatic carbocycles. The Morgan fingerprint density at radius 1 is 1.32 bits per heavy atom. The molecule has 0 atom stereocenters. The maximum atomic E-state index is 11.4. The van der Waals surface area contributed by atoms with E-state index in [1.165, 1.54) is 6.33 Å². The minimum atomic E-state index is 0.155. The van der Waals surface area contributed by atoms with E-state index in [1.54, 1.807) is 17.9 Å². The minimum Gasteiger partial charge on any atom is -0.343 e. The zero-order valence-corrected chi connectivity index (χ0v) is 13.0. The first-order valence-corrected chi connectivity index (χ1v) is 7.69. The van der Waals surface area contributed by atoms with Crippen LogP contribution in [0.1, 0.15) is 44.3 Å². The summed E-state index contributed by atoms with van der Waals surface area (Å²) in [4.78, 5) is 17.3. The highest BCUT2D eigenvalue weighted by Crippen LogP contribution is 2.27. The van der Waals surface area contributed by atoms with Gasteiger partial charge in [-0.1, -0.05) is 0 Å². The van der Waals surface area contributed by atoms with Gasteiger partial charge in [0, 0.05) is 32.5 Å². The fraction of sp³-hybridized carbons (Fsp3) is 0.643. The third-order valence-corrected chi connectivity index (χ3v) is 4.25. The van der Waals surface area contributed by atoms with Crippen LogP contribution in [0, 0.1) is 0 Å². The maximum absolute atomic E-state index is 11.4. The summed E-state index contributed by atoms with van der Waals surface area (Å²) >= 11 is 0. The molecule has 22 heavy (non-hydrogen) atoms. The molecule has 0 saturated carbocycles. The Balaban J connectivity index is 1.74. The molecule has 8 nitrogen and oxygen atoms in total. The van der Waals surface area contributed by atoms with Crippen molar-refractivity contribution in [3.8, 4) is 0 Å². The largest absolute Gasteiger partial charge is 0.343 e. The van der Waals surface area contributed by atoms with E-state index in [1.807, 2.05) is 4.90 Å². The van der Waals surface area contributed by atoms with Crippen molar-refractivity contribution in [2.75, 3.05) is 13.1 Å². The van der Waals surface area contributed by atoms with Crippen LogP contribution in [-0.4, -0.2) is 53.4 Å². The highest BCUT2D eigenvalue weighted by atomic mass is 16.2. The first-order chi connectivity index (χ1) is 10.7. The number of aromatic nitrogens is 6. The summed E-state index contributed by atoms with van der Waals surface area (Å²) in [7, 11) is 0. The zero-order valence-electron chi connectivity index (χ0n) is 13.0. The van der Waals surface area contributed by atoms with Gasteiger partial charge in [-0.15, -0.1) is 10.2 Å². The molecule has 2 aromatic heterocycles. The number of rotatable bonds is 4. The van der Waals surface area contributed by atoms with Crippen LogP contribution in [0.2, 0.25) is 0 Å². The molecule has 2 aromatic rings. The molecular weight excluding hydrogens is 282 g/mol. The van der Waals surface area contributed by atoms with E-state index in [9.17, 15) is 4.79 Å². The molecular formula is C14H21N7O. The average molecular weight is 303 g/mol. The lowest BCUT2D eigenvalue weighted by atomic mass is 9.96. The third-order valence-electron chi connectivity index (χ3n) is 4.25. The molecule has 8 heteroatoms. The predicted molar refractivity (Wildman–Crippen MR) is 79.0 cm³/mol. The highest BCUT2D eigenvalue weighted by molar-refractivity contribution is 5.73. The van der Waals surface area contributed by atoms with Crippen molar-refractivity contribution in [1.82, 2.24) is 34.4 Å². The predicted octanol–water partition coefficient (Wildman–Crippen LogP) is 0.664. The summed E-state index contributed by atoms with van der Waals surface area (Å²) in [6.07, 6.45) is 5.09. The number of carbonyl (C=O) groups is 1. The van der Waals surface area contributed by atoms with Crippen LogP contribution < -0.4 is 0 Å². The van der Waals surface area contributed by atoms with Gasteiger partial charge in [0.05, 0.1) is 0 Å². The topological polar surface area (TPSA) is 81.7 Å². The summed E-state index contributed by atoms with van der Waals surface area (Å²) in [5.41, 5.74) is 0. The van der Waals surface area contributed by atoms with Crippen molar-refractivity contribution < 1.29 is 4.79 Å². The van der Waals surface area contributed by atoms with Crippen molar-refractivity contribution in [1.29, 1.82) is 0 Å². The van der Waals surface area contributed by atoms with Crippen molar-refractivity contribution in [2.45, 2.75) is 45.7 Å². The summed E-state index contributed by atoms with van der Waals surface area (Å²) in [6.45, 7) is 6.74. The second-order valence-electron chi connectivity index (χ2n) is 5.59. The van der Waals surface area contributed by atoms with E-state index >= 15 is 0 Å². The fourth-order valence-corrected chi connectivity index (χ4v) is 3.02. The Hall–Kier alpha value is -2.25. The van der Waals surface area contributed by atoms with Gasteiger partial charge in [-0.3, -0.25) is 4.79 Å². The molecule has 118 valence electrons. The Kier molecular flexibility index (Phi) is 4.17. The monoisotopic (exact) mass is 303 g/mol.